The van der Waals surface area contributed by atoms with Gasteiger partial charge in [0, 0.05) is 6.92 Å². The zero-order chi connectivity index (χ0) is 20.6. The van der Waals surface area contributed by atoms with Crippen LogP contribution in [0.2, 0.25) is 0 Å². The summed E-state index contributed by atoms with van der Waals surface area (Å²) in [6.07, 6.45) is -2.27. The van der Waals surface area contributed by atoms with Crippen LogP contribution in [0.3, 0.4) is 0 Å². The molecule has 0 spiro atoms. The van der Waals surface area contributed by atoms with Crippen molar-refractivity contribution in [2.75, 3.05) is 0 Å². The van der Waals surface area contributed by atoms with Crippen LogP contribution in [0, 0.1) is 0 Å². The molecule has 0 unspecified atom stereocenters. The minimum atomic E-state index is -0.785. The van der Waals surface area contributed by atoms with Crippen LogP contribution in [0.1, 0.15) is 53.1 Å². The van der Waals surface area contributed by atoms with E-state index in [9.17, 15) is 14.4 Å². The number of rotatable bonds is 6. The predicted octanol–water partition coefficient (Wildman–Crippen LogP) is 3.15. The Kier molecular flexibility index (Phi) is 8.58. The highest BCUT2D eigenvalue weighted by Crippen LogP contribution is 2.21. The molecule has 150 valence electrons. The summed E-state index contributed by atoms with van der Waals surface area (Å²) >= 11 is 0. The molecule has 0 fully saturated rings. The number of ether oxygens (including phenoxy) is 2. The van der Waals surface area contributed by atoms with E-state index in [-0.39, 0.29) is 18.1 Å². The van der Waals surface area contributed by atoms with Gasteiger partial charge in [-0.05, 0) is 40.2 Å². The van der Waals surface area contributed by atoms with Gasteiger partial charge in [0.2, 0.25) is 5.91 Å². The Morgan fingerprint density at radius 1 is 0.926 bits per heavy atom. The van der Waals surface area contributed by atoms with Crippen molar-refractivity contribution in [1.82, 2.24) is 15.8 Å². The van der Waals surface area contributed by atoms with Crippen LogP contribution in [0.4, 0.5) is 9.59 Å². The minimum Gasteiger partial charge on any atom is -0.446 e. The number of hydrogen-bond acceptors (Lipinski definition) is 5. The molecule has 1 aromatic carbocycles. The van der Waals surface area contributed by atoms with Crippen molar-refractivity contribution >= 4 is 18.1 Å². The molecule has 0 heterocycles. The molecule has 1 aromatic rings. The molecule has 2 atom stereocenters. The van der Waals surface area contributed by atoms with Crippen LogP contribution in [0.15, 0.2) is 30.3 Å². The fourth-order valence-electron chi connectivity index (χ4n) is 2.42. The van der Waals surface area contributed by atoms with Crippen molar-refractivity contribution in [1.29, 1.82) is 0 Å². The summed E-state index contributed by atoms with van der Waals surface area (Å²) in [6, 6.07) is 7.94. The fourth-order valence-corrected chi connectivity index (χ4v) is 2.42. The summed E-state index contributed by atoms with van der Waals surface area (Å²) in [7, 11) is 0. The lowest BCUT2D eigenvalue weighted by Crippen LogP contribution is -2.56. The molecule has 0 saturated carbocycles. The van der Waals surface area contributed by atoms with E-state index in [1.165, 1.54) is 6.92 Å². The summed E-state index contributed by atoms with van der Waals surface area (Å²) in [4.78, 5) is 36.3. The van der Waals surface area contributed by atoms with Gasteiger partial charge in [0.1, 0.15) is 0 Å². The van der Waals surface area contributed by atoms with Gasteiger partial charge in [0.05, 0.1) is 24.3 Å². The smallest absolute Gasteiger partial charge is 0.429 e. The van der Waals surface area contributed by atoms with E-state index in [0.29, 0.717) is 0 Å². The average molecular weight is 379 g/mol. The molecule has 8 nitrogen and oxygen atoms in total. The minimum absolute atomic E-state index is 0.266. The first kappa shape index (κ1) is 22.3. The number of nitrogens with zero attached hydrogens (tertiary/aromatic N) is 1. The molecule has 8 heteroatoms. The van der Waals surface area contributed by atoms with E-state index >= 15 is 0 Å². The lowest BCUT2D eigenvalue weighted by atomic mass is 10.00. The SMILES string of the molecule is CC(=O)N[C@@H](c1ccccc1)[C@H](C)N(NC(=O)OC(C)C)C(=O)OC(C)C. The predicted molar refractivity (Wildman–Crippen MR) is 101 cm³/mol. The van der Waals surface area contributed by atoms with Crippen molar-refractivity contribution in [3.8, 4) is 0 Å². The highest BCUT2D eigenvalue weighted by molar-refractivity contribution is 5.75. The van der Waals surface area contributed by atoms with Crippen molar-refractivity contribution < 1.29 is 23.9 Å². The van der Waals surface area contributed by atoms with Crippen molar-refractivity contribution in [2.24, 2.45) is 0 Å². The summed E-state index contributed by atoms with van der Waals surface area (Å²) in [6.45, 7) is 9.89. The van der Waals surface area contributed by atoms with E-state index in [0.717, 1.165) is 10.6 Å². The quantitative estimate of drug-likeness (QED) is 0.740. The van der Waals surface area contributed by atoms with E-state index in [4.69, 9.17) is 9.47 Å². The average Bonchev–Trinajstić information content (AvgIpc) is 2.56. The molecule has 3 amide bonds. The van der Waals surface area contributed by atoms with Crippen LogP contribution in [0.25, 0.3) is 0 Å². The largest absolute Gasteiger partial charge is 0.446 e. The Balaban J connectivity index is 3.15. The highest BCUT2D eigenvalue weighted by Gasteiger charge is 2.32. The molecule has 0 aromatic heterocycles. The molecule has 1 rings (SSSR count). The summed E-state index contributed by atoms with van der Waals surface area (Å²) in [5.41, 5.74) is 3.20. The lowest BCUT2D eigenvalue weighted by Gasteiger charge is -2.34. The number of hydrazine groups is 1. The Bertz CT molecular complexity index is 633. The Morgan fingerprint density at radius 2 is 1.48 bits per heavy atom. The van der Waals surface area contributed by atoms with Crippen LogP contribution >= 0.6 is 0 Å². The number of benzene rings is 1. The molecular weight excluding hydrogens is 350 g/mol. The van der Waals surface area contributed by atoms with Crippen LogP contribution < -0.4 is 10.7 Å². The molecule has 2 N–H and O–H groups in total. The molecule has 0 aliphatic carbocycles. The second kappa shape index (κ2) is 10.4. The number of carbonyl (C=O) groups excluding carboxylic acids is 3. The molecule has 0 radical (unpaired) electrons. The fraction of sp³-hybridized carbons (Fsp3) is 0.526. The van der Waals surface area contributed by atoms with Crippen molar-refractivity contribution in [3.63, 3.8) is 0 Å². The third kappa shape index (κ3) is 7.55. The zero-order valence-corrected chi connectivity index (χ0v) is 16.7. The topological polar surface area (TPSA) is 97.0 Å². The molecule has 0 aliphatic heterocycles. The second-order valence-electron chi connectivity index (χ2n) is 6.70. The molecular formula is C19H29N3O5. The Morgan fingerprint density at radius 3 is 1.96 bits per heavy atom. The highest BCUT2D eigenvalue weighted by atomic mass is 16.6. The first-order valence-corrected chi connectivity index (χ1v) is 8.91. The van der Waals surface area contributed by atoms with E-state index < -0.39 is 24.3 Å². The van der Waals surface area contributed by atoms with E-state index in [1.807, 2.05) is 30.3 Å². The molecule has 0 bridgehead atoms. The van der Waals surface area contributed by atoms with Crippen molar-refractivity contribution in [2.45, 2.75) is 65.8 Å². The molecule has 27 heavy (non-hydrogen) atoms. The number of carbonyl (C=O) groups is 3. The van der Waals surface area contributed by atoms with Crippen LogP contribution in [-0.2, 0) is 14.3 Å². The number of amides is 3. The van der Waals surface area contributed by atoms with Gasteiger partial charge in [-0.1, -0.05) is 30.3 Å². The normalized spacial score (nSPS) is 12.9. The van der Waals surface area contributed by atoms with E-state index in [1.54, 1.807) is 34.6 Å². The van der Waals surface area contributed by atoms with Gasteiger partial charge in [-0.15, -0.1) is 0 Å². The monoisotopic (exact) mass is 379 g/mol. The summed E-state index contributed by atoms with van der Waals surface area (Å²) in [5, 5.41) is 3.86. The van der Waals surface area contributed by atoms with Gasteiger partial charge >= 0.3 is 12.2 Å². The first-order chi connectivity index (χ1) is 12.6. The maximum absolute atomic E-state index is 12.6. The Hall–Kier alpha value is -2.77. The van der Waals surface area contributed by atoms with Gasteiger partial charge < -0.3 is 14.8 Å². The van der Waals surface area contributed by atoms with Gasteiger partial charge in [0.25, 0.3) is 0 Å². The maximum atomic E-state index is 12.6. The third-order valence-corrected chi connectivity index (χ3v) is 3.49. The first-order valence-electron chi connectivity index (χ1n) is 8.91. The number of nitrogens with one attached hydrogen (secondary N) is 2. The van der Waals surface area contributed by atoms with Crippen LogP contribution in [-0.4, -0.2) is 41.4 Å². The standard InChI is InChI=1S/C19H29N3O5/c1-12(2)26-18(24)21-22(19(25)27-13(3)4)14(5)17(20-15(6)23)16-10-8-7-9-11-16/h7-14,17H,1-6H3,(H,20,23)(H,21,24)/t14-,17+/m0/s1. The Labute approximate surface area is 160 Å². The van der Waals surface area contributed by atoms with Gasteiger partial charge in [-0.3, -0.25) is 4.79 Å². The van der Waals surface area contributed by atoms with E-state index in [2.05, 4.69) is 10.7 Å². The van der Waals surface area contributed by atoms with Gasteiger partial charge in [0.15, 0.2) is 0 Å². The third-order valence-electron chi connectivity index (χ3n) is 3.49. The number of hydrogen-bond donors (Lipinski definition) is 2. The van der Waals surface area contributed by atoms with Crippen molar-refractivity contribution in [3.05, 3.63) is 35.9 Å². The van der Waals surface area contributed by atoms with Gasteiger partial charge in [-0.25, -0.2) is 20.0 Å². The zero-order valence-electron chi connectivity index (χ0n) is 16.7. The maximum Gasteiger partial charge on any atom is 0.429 e. The second-order valence-corrected chi connectivity index (χ2v) is 6.70. The van der Waals surface area contributed by atoms with Gasteiger partial charge in [-0.2, -0.15) is 0 Å². The molecule has 0 aliphatic rings. The summed E-state index contributed by atoms with van der Waals surface area (Å²) < 4.78 is 10.3. The molecule has 0 saturated heterocycles. The lowest BCUT2D eigenvalue weighted by molar-refractivity contribution is -0.120. The van der Waals surface area contributed by atoms with Crippen LogP contribution in [0.5, 0.6) is 0 Å². The summed E-state index contributed by atoms with van der Waals surface area (Å²) in [5.74, 6) is -0.266.